The van der Waals surface area contributed by atoms with E-state index in [-0.39, 0.29) is 11.2 Å². The van der Waals surface area contributed by atoms with Crippen LogP contribution in [0.2, 0.25) is 0 Å². The summed E-state index contributed by atoms with van der Waals surface area (Å²) in [6.45, 7) is 6.99. The minimum absolute atomic E-state index is 0.261. The highest BCUT2D eigenvalue weighted by atomic mass is 32.1. The number of aromatic nitrogens is 4. The fraction of sp³-hybridized carbons (Fsp3) is 0.350. The molecule has 0 saturated carbocycles. The number of aryl methyl sites for hydroxylation is 2. The minimum Gasteiger partial charge on any atom is -0.276 e. The largest absolute Gasteiger partial charge is 0.332 e. The fourth-order valence-corrected chi connectivity index (χ4v) is 4.34. The fourth-order valence-electron chi connectivity index (χ4n) is 3.45. The molecule has 27 heavy (non-hydrogen) atoms. The molecule has 6 nitrogen and oxygen atoms in total. The van der Waals surface area contributed by atoms with E-state index < -0.39 is 0 Å². The van der Waals surface area contributed by atoms with Gasteiger partial charge in [-0.05, 0) is 25.3 Å². The lowest BCUT2D eigenvalue weighted by atomic mass is 10.1. The highest BCUT2D eigenvalue weighted by Crippen LogP contribution is 2.29. The molecule has 0 unspecified atom stereocenters. The number of nitrogens with zero attached hydrogens (tertiary/aromatic N) is 4. The van der Waals surface area contributed by atoms with Gasteiger partial charge in [0, 0.05) is 18.5 Å². The van der Waals surface area contributed by atoms with E-state index in [0.717, 1.165) is 29.1 Å². The molecule has 3 heterocycles. The van der Waals surface area contributed by atoms with E-state index >= 15 is 0 Å². The van der Waals surface area contributed by atoms with Crippen molar-refractivity contribution in [3.63, 3.8) is 0 Å². The van der Waals surface area contributed by atoms with E-state index in [2.05, 4.69) is 29.2 Å². The molecule has 3 aromatic heterocycles. The molecule has 0 atom stereocenters. The maximum atomic E-state index is 13.2. The van der Waals surface area contributed by atoms with Crippen LogP contribution in [0.15, 0.2) is 39.2 Å². The Bertz CT molecular complexity index is 1240. The first kappa shape index (κ1) is 17.7. The monoisotopic (exact) mass is 382 g/mol. The summed E-state index contributed by atoms with van der Waals surface area (Å²) in [4.78, 5) is 31.4. The topological polar surface area (TPSA) is 61.3 Å². The van der Waals surface area contributed by atoms with Crippen LogP contribution in [0.25, 0.3) is 27.4 Å². The molecule has 0 bridgehead atoms. The van der Waals surface area contributed by atoms with E-state index in [0.29, 0.717) is 24.3 Å². The summed E-state index contributed by atoms with van der Waals surface area (Å²) >= 11 is 1.49. The Kier molecular flexibility index (Phi) is 4.47. The van der Waals surface area contributed by atoms with Gasteiger partial charge in [-0.2, -0.15) is 0 Å². The van der Waals surface area contributed by atoms with Gasteiger partial charge in [0.2, 0.25) is 0 Å². The van der Waals surface area contributed by atoms with Crippen molar-refractivity contribution in [3.05, 3.63) is 56.0 Å². The number of rotatable bonds is 5. The first-order chi connectivity index (χ1) is 13.1. The Morgan fingerprint density at radius 2 is 1.67 bits per heavy atom. The zero-order valence-electron chi connectivity index (χ0n) is 15.7. The normalized spacial score (nSPS) is 11.7. The van der Waals surface area contributed by atoms with E-state index in [1.807, 2.05) is 30.6 Å². The quantitative estimate of drug-likeness (QED) is 0.529. The molecule has 0 saturated heterocycles. The van der Waals surface area contributed by atoms with E-state index in [9.17, 15) is 9.59 Å². The third-order valence-electron chi connectivity index (χ3n) is 4.75. The van der Waals surface area contributed by atoms with Gasteiger partial charge >= 0.3 is 5.69 Å². The SMILES string of the molecule is CCCn1c(=O)c2c(nc3scc(-c4ccc(C)cc4)n32)n(CCC)c1=O. The van der Waals surface area contributed by atoms with Crippen LogP contribution in [0, 0.1) is 6.92 Å². The Morgan fingerprint density at radius 1 is 1.00 bits per heavy atom. The second kappa shape index (κ2) is 6.81. The van der Waals surface area contributed by atoms with Gasteiger partial charge in [0.05, 0.1) is 5.69 Å². The highest BCUT2D eigenvalue weighted by molar-refractivity contribution is 7.15. The molecule has 0 amide bonds. The molecule has 0 aliphatic carbocycles. The summed E-state index contributed by atoms with van der Waals surface area (Å²) in [6.07, 6.45) is 1.53. The smallest absolute Gasteiger partial charge is 0.276 e. The maximum Gasteiger partial charge on any atom is 0.332 e. The number of thiazole rings is 1. The highest BCUT2D eigenvalue weighted by Gasteiger charge is 2.21. The summed E-state index contributed by atoms with van der Waals surface area (Å²) in [6, 6.07) is 8.21. The van der Waals surface area contributed by atoms with Gasteiger partial charge in [-0.3, -0.25) is 18.3 Å². The third kappa shape index (κ3) is 2.73. The zero-order chi connectivity index (χ0) is 19.1. The lowest BCUT2D eigenvalue weighted by molar-refractivity contribution is 0.555. The van der Waals surface area contributed by atoms with Crippen LogP contribution in [0.5, 0.6) is 0 Å². The first-order valence-corrected chi connectivity index (χ1v) is 10.1. The van der Waals surface area contributed by atoms with Crippen molar-refractivity contribution in [1.82, 2.24) is 18.5 Å². The predicted molar refractivity (Wildman–Crippen MR) is 110 cm³/mol. The van der Waals surface area contributed by atoms with Crippen LogP contribution >= 0.6 is 11.3 Å². The summed E-state index contributed by atoms with van der Waals surface area (Å²) in [5.74, 6) is 0. The standard InChI is InChI=1S/C20H22N4O2S/c1-4-10-22-17-16(18(25)23(11-5-2)20(22)26)24-15(12-27-19(24)21-17)14-8-6-13(3)7-9-14/h6-9,12H,4-5,10-11H2,1-3H3. The molecule has 4 aromatic rings. The molecule has 0 aliphatic rings. The van der Waals surface area contributed by atoms with Crippen molar-refractivity contribution in [2.75, 3.05) is 0 Å². The first-order valence-electron chi connectivity index (χ1n) is 9.27. The second-order valence-electron chi connectivity index (χ2n) is 6.78. The van der Waals surface area contributed by atoms with Gasteiger partial charge < -0.3 is 0 Å². The van der Waals surface area contributed by atoms with Gasteiger partial charge in [-0.1, -0.05) is 43.7 Å². The minimum atomic E-state index is -0.265. The number of imidazole rings is 1. The molecule has 4 rings (SSSR count). The van der Waals surface area contributed by atoms with Gasteiger partial charge in [-0.15, -0.1) is 11.3 Å². The Morgan fingerprint density at radius 3 is 2.33 bits per heavy atom. The average Bonchev–Trinajstić information content (AvgIpc) is 3.22. The van der Waals surface area contributed by atoms with Gasteiger partial charge in [0.25, 0.3) is 5.56 Å². The summed E-state index contributed by atoms with van der Waals surface area (Å²) in [7, 11) is 0. The molecular formula is C20H22N4O2S. The molecule has 0 N–H and O–H groups in total. The summed E-state index contributed by atoms with van der Waals surface area (Å²) in [5.41, 5.74) is 3.59. The molecule has 140 valence electrons. The Labute approximate surface area is 160 Å². The second-order valence-corrected chi connectivity index (χ2v) is 7.62. The lowest BCUT2D eigenvalue weighted by Gasteiger charge is -2.10. The van der Waals surface area contributed by atoms with E-state index in [1.54, 1.807) is 4.57 Å². The van der Waals surface area contributed by atoms with Crippen molar-refractivity contribution in [1.29, 1.82) is 0 Å². The summed E-state index contributed by atoms with van der Waals surface area (Å²) < 4.78 is 4.90. The Balaban J connectivity index is 2.13. The van der Waals surface area contributed by atoms with Crippen molar-refractivity contribution in [3.8, 4) is 11.3 Å². The number of hydrogen-bond acceptors (Lipinski definition) is 4. The average molecular weight is 382 g/mol. The van der Waals surface area contributed by atoms with E-state index in [4.69, 9.17) is 0 Å². The van der Waals surface area contributed by atoms with Crippen LogP contribution in [0.4, 0.5) is 0 Å². The molecule has 7 heteroatoms. The van der Waals surface area contributed by atoms with E-state index in [1.165, 1.54) is 21.5 Å². The number of hydrogen-bond donors (Lipinski definition) is 0. The van der Waals surface area contributed by atoms with Crippen molar-refractivity contribution in [2.45, 2.75) is 46.7 Å². The zero-order valence-corrected chi connectivity index (χ0v) is 16.5. The van der Waals surface area contributed by atoms with Crippen LogP contribution < -0.4 is 11.2 Å². The van der Waals surface area contributed by atoms with Gasteiger partial charge in [-0.25, -0.2) is 9.78 Å². The lowest BCUT2D eigenvalue weighted by Crippen LogP contribution is -2.40. The molecule has 0 spiro atoms. The summed E-state index contributed by atoms with van der Waals surface area (Å²) in [5, 5.41) is 2.02. The molecule has 0 fully saturated rings. The van der Waals surface area contributed by atoms with Crippen LogP contribution in [0.3, 0.4) is 0 Å². The van der Waals surface area contributed by atoms with Crippen molar-refractivity contribution < 1.29 is 0 Å². The van der Waals surface area contributed by atoms with Crippen LogP contribution in [-0.2, 0) is 13.1 Å². The van der Waals surface area contributed by atoms with Crippen molar-refractivity contribution in [2.24, 2.45) is 0 Å². The molecule has 0 aliphatic heterocycles. The van der Waals surface area contributed by atoms with Crippen molar-refractivity contribution >= 4 is 27.5 Å². The number of benzene rings is 1. The molecular weight excluding hydrogens is 360 g/mol. The molecule has 1 aromatic carbocycles. The Hall–Kier alpha value is -2.67. The van der Waals surface area contributed by atoms with Gasteiger partial charge in [0.1, 0.15) is 0 Å². The maximum absolute atomic E-state index is 13.2. The molecule has 0 radical (unpaired) electrons. The van der Waals surface area contributed by atoms with Gasteiger partial charge in [0.15, 0.2) is 16.1 Å². The predicted octanol–water partition coefficient (Wildman–Crippen LogP) is 3.67. The number of fused-ring (bicyclic) bond motifs is 3. The van der Waals surface area contributed by atoms with Crippen LogP contribution in [0.1, 0.15) is 32.3 Å². The van der Waals surface area contributed by atoms with Crippen LogP contribution in [-0.4, -0.2) is 18.5 Å². The third-order valence-corrected chi connectivity index (χ3v) is 5.58.